The minimum absolute atomic E-state index is 0.0274. The number of methoxy groups -OCH3 is 1. The fourth-order valence-corrected chi connectivity index (χ4v) is 3.00. The molecular formula is C14H22N2O4. The van der Waals surface area contributed by atoms with Crippen molar-refractivity contribution in [2.75, 3.05) is 20.7 Å². The Bertz CT molecular complexity index is 402. The van der Waals surface area contributed by atoms with Crippen LogP contribution in [0.25, 0.3) is 0 Å². The molecule has 112 valence electrons. The Hall–Kier alpha value is -1.59. The molecule has 2 rings (SSSR count). The quantitative estimate of drug-likeness (QED) is 0.756. The van der Waals surface area contributed by atoms with Crippen LogP contribution in [0.2, 0.25) is 0 Å². The molecule has 20 heavy (non-hydrogen) atoms. The monoisotopic (exact) mass is 282 g/mol. The van der Waals surface area contributed by atoms with E-state index < -0.39 is 0 Å². The standard InChI is InChI=1S/C14H22N2O4/c1-16-8-10(7-12(16)17)13(18)15-11-5-3-9(4-6-11)14(19)20-2/h9-11H,3-8H2,1-2H3,(H,15,18). The molecule has 0 aromatic carbocycles. The number of hydrogen-bond donors (Lipinski definition) is 1. The maximum Gasteiger partial charge on any atom is 0.308 e. The van der Waals surface area contributed by atoms with Gasteiger partial charge in [0.05, 0.1) is 18.9 Å². The maximum absolute atomic E-state index is 12.1. The highest BCUT2D eigenvalue weighted by Crippen LogP contribution is 2.26. The Labute approximate surface area is 118 Å². The minimum atomic E-state index is -0.231. The number of esters is 1. The second-order valence-corrected chi connectivity index (χ2v) is 5.76. The van der Waals surface area contributed by atoms with E-state index in [4.69, 9.17) is 4.74 Å². The van der Waals surface area contributed by atoms with Crippen molar-refractivity contribution >= 4 is 17.8 Å². The number of ether oxygens (including phenoxy) is 1. The van der Waals surface area contributed by atoms with E-state index in [0.29, 0.717) is 13.0 Å². The van der Waals surface area contributed by atoms with Crippen molar-refractivity contribution in [3.05, 3.63) is 0 Å². The average Bonchev–Trinajstić information content (AvgIpc) is 2.79. The van der Waals surface area contributed by atoms with Crippen LogP contribution in [-0.2, 0) is 19.1 Å². The Morgan fingerprint density at radius 3 is 2.35 bits per heavy atom. The van der Waals surface area contributed by atoms with E-state index in [0.717, 1.165) is 25.7 Å². The highest BCUT2D eigenvalue weighted by Gasteiger charge is 2.34. The molecule has 2 amide bonds. The molecule has 1 aliphatic carbocycles. The van der Waals surface area contributed by atoms with Crippen LogP contribution in [0.15, 0.2) is 0 Å². The van der Waals surface area contributed by atoms with E-state index in [1.807, 2.05) is 0 Å². The largest absolute Gasteiger partial charge is 0.469 e. The fraction of sp³-hybridized carbons (Fsp3) is 0.786. The van der Waals surface area contributed by atoms with Gasteiger partial charge in [-0.15, -0.1) is 0 Å². The molecule has 0 aromatic heterocycles. The molecule has 0 radical (unpaired) electrons. The van der Waals surface area contributed by atoms with Gasteiger partial charge in [-0.2, -0.15) is 0 Å². The van der Waals surface area contributed by atoms with Crippen LogP contribution in [0.5, 0.6) is 0 Å². The highest BCUT2D eigenvalue weighted by atomic mass is 16.5. The van der Waals surface area contributed by atoms with Crippen molar-refractivity contribution in [1.29, 1.82) is 0 Å². The van der Waals surface area contributed by atoms with Crippen molar-refractivity contribution in [3.63, 3.8) is 0 Å². The first-order chi connectivity index (χ1) is 9.51. The van der Waals surface area contributed by atoms with Crippen LogP contribution in [0.3, 0.4) is 0 Å². The third-order valence-electron chi connectivity index (χ3n) is 4.32. The second-order valence-electron chi connectivity index (χ2n) is 5.76. The third-order valence-corrected chi connectivity index (χ3v) is 4.32. The Kier molecular flexibility index (Phi) is 4.62. The molecule has 2 aliphatic rings. The maximum atomic E-state index is 12.1. The summed E-state index contributed by atoms with van der Waals surface area (Å²) < 4.78 is 4.74. The molecule has 0 aromatic rings. The summed E-state index contributed by atoms with van der Waals surface area (Å²) in [6.45, 7) is 0.502. The number of rotatable bonds is 3. The topological polar surface area (TPSA) is 75.7 Å². The van der Waals surface area contributed by atoms with Gasteiger partial charge in [0, 0.05) is 26.1 Å². The molecule has 1 atom stereocenters. The lowest BCUT2D eigenvalue weighted by molar-refractivity contribution is -0.146. The molecule has 6 heteroatoms. The molecule has 2 fully saturated rings. The lowest BCUT2D eigenvalue weighted by Gasteiger charge is -2.28. The predicted molar refractivity (Wildman–Crippen MR) is 71.6 cm³/mol. The van der Waals surface area contributed by atoms with Crippen LogP contribution >= 0.6 is 0 Å². The van der Waals surface area contributed by atoms with Gasteiger partial charge in [-0.1, -0.05) is 0 Å². The zero-order valence-electron chi connectivity index (χ0n) is 12.1. The van der Waals surface area contributed by atoms with Gasteiger partial charge in [-0.25, -0.2) is 0 Å². The van der Waals surface area contributed by atoms with Gasteiger partial charge in [0.2, 0.25) is 11.8 Å². The molecule has 1 heterocycles. The number of nitrogens with one attached hydrogen (secondary N) is 1. The van der Waals surface area contributed by atoms with Crippen LogP contribution in [-0.4, -0.2) is 49.4 Å². The van der Waals surface area contributed by atoms with Crippen LogP contribution in [0.1, 0.15) is 32.1 Å². The average molecular weight is 282 g/mol. The number of hydrogen-bond acceptors (Lipinski definition) is 4. The van der Waals surface area contributed by atoms with Crippen molar-refractivity contribution < 1.29 is 19.1 Å². The molecule has 6 nitrogen and oxygen atoms in total. The summed E-state index contributed by atoms with van der Waals surface area (Å²) in [4.78, 5) is 36.5. The van der Waals surface area contributed by atoms with Crippen LogP contribution in [0.4, 0.5) is 0 Å². The van der Waals surface area contributed by atoms with Crippen molar-refractivity contribution in [1.82, 2.24) is 10.2 Å². The number of likely N-dealkylation sites (tertiary alicyclic amines) is 1. The SMILES string of the molecule is COC(=O)C1CCC(NC(=O)C2CC(=O)N(C)C2)CC1. The number of amides is 2. The summed E-state index contributed by atoms with van der Waals surface area (Å²) >= 11 is 0. The summed E-state index contributed by atoms with van der Waals surface area (Å²) in [5.74, 6) is -0.431. The van der Waals surface area contributed by atoms with Crippen LogP contribution < -0.4 is 5.32 Å². The Morgan fingerprint density at radius 2 is 1.85 bits per heavy atom. The van der Waals surface area contributed by atoms with Gasteiger partial charge in [0.25, 0.3) is 0 Å². The molecule has 0 bridgehead atoms. The molecule has 1 aliphatic heterocycles. The number of carbonyl (C=O) groups is 3. The fourth-order valence-electron chi connectivity index (χ4n) is 3.00. The summed E-state index contributed by atoms with van der Waals surface area (Å²) in [7, 11) is 3.13. The normalized spacial score (nSPS) is 30.2. The summed E-state index contributed by atoms with van der Waals surface area (Å²) in [5.41, 5.74) is 0. The Balaban J connectivity index is 1.77. The zero-order chi connectivity index (χ0) is 14.7. The van der Waals surface area contributed by atoms with Gasteiger partial charge in [-0.3, -0.25) is 14.4 Å². The summed E-state index contributed by atoms with van der Waals surface area (Å²) in [5, 5.41) is 3.01. The molecular weight excluding hydrogens is 260 g/mol. The van der Waals surface area contributed by atoms with Gasteiger partial charge in [0.15, 0.2) is 0 Å². The van der Waals surface area contributed by atoms with E-state index in [1.54, 1.807) is 11.9 Å². The Morgan fingerprint density at radius 1 is 1.20 bits per heavy atom. The molecule has 1 N–H and O–H groups in total. The number of carbonyl (C=O) groups excluding carboxylic acids is 3. The van der Waals surface area contributed by atoms with E-state index in [-0.39, 0.29) is 35.7 Å². The van der Waals surface area contributed by atoms with Gasteiger partial charge in [-0.05, 0) is 25.7 Å². The van der Waals surface area contributed by atoms with Crippen molar-refractivity contribution in [2.45, 2.75) is 38.1 Å². The summed E-state index contributed by atoms with van der Waals surface area (Å²) in [6, 6.07) is 0.115. The van der Waals surface area contributed by atoms with E-state index >= 15 is 0 Å². The molecule has 1 saturated heterocycles. The highest BCUT2D eigenvalue weighted by molar-refractivity contribution is 5.89. The van der Waals surface area contributed by atoms with Gasteiger partial charge < -0.3 is 15.0 Å². The number of nitrogens with zero attached hydrogens (tertiary/aromatic N) is 1. The van der Waals surface area contributed by atoms with Crippen molar-refractivity contribution in [2.24, 2.45) is 11.8 Å². The third kappa shape index (κ3) is 3.29. The molecule has 1 unspecified atom stereocenters. The van der Waals surface area contributed by atoms with E-state index in [1.165, 1.54) is 7.11 Å². The van der Waals surface area contributed by atoms with E-state index in [9.17, 15) is 14.4 Å². The van der Waals surface area contributed by atoms with Gasteiger partial charge in [0.1, 0.15) is 0 Å². The van der Waals surface area contributed by atoms with Crippen LogP contribution in [0, 0.1) is 11.8 Å². The lowest BCUT2D eigenvalue weighted by Crippen LogP contribution is -2.42. The molecule has 0 spiro atoms. The van der Waals surface area contributed by atoms with Crippen molar-refractivity contribution in [3.8, 4) is 0 Å². The second kappa shape index (κ2) is 6.24. The minimum Gasteiger partial charge on any atom is -0.469 e. The predicted octanol–water partition coefficient (Wildman–Crippen LogP) is 0.313. The first-order valence-corrected chi connectivity index (χ1v) is 7.13. The smallest absolute Gasteiger partial charge is 0.308 e. The van der Waals surface area contributed by atoms with E-state index in [2.05, 4.69) is 5.32 Å². The lowest BCUT2D eigenvalue weighted by atomic mass is 9.86. The zero-order valence-corrected chi connectivity index (χ0v) is 12.1. The van der Waals surface area contributed by atoms with Gasteiger partial charge >= 0.3 is 5.97 Å². The summed E-state index contributed by atoms with van der Waals surface area (Å²) in [6.07, 6.45) is 3.39. The first kappa shape index (κ1) is 14.8. The first-order valence-electron chi connectivity index (χ1n) is 7.13. The molecule has 1 saturated carbocycles.